The van der Waals surface area contributed by atoms with Gasteiger partial charge in [-0.3, -0.25) is 4.90 Å². The van der Waals surface area contributed by atoms with Gasteiger partial charge in [0, 0.05) is 18.2 Å². The number of likely N-dealkylation sites (tertiary alicyclic amines) is 1. The summed E-state index contributed by atoms with van der Waals surface area (Å²) in [5.74, 6) is 3.03. The Morgan fingerprint density at radius 2 is 1.88 bits per heavy atom. The lowest BCUT2D eigenvalue weighted by Gasteiger charge is -2.25. The van der Waals surface area contributed by atoms with Crippen LogP contribution in [0.3, 0.4) is 0 Å². The average molecular weight is 447 g/mol. The van der Waals surface area contributed by atoms with E-state index in [1.807, 2.05) is 24.3 Å². The van der Waals surface area contributed by atoms with Crippen LogP contribution in [-0.2, 0) is 13.0 Å². The van der Waals surface area contributed by atoms with Crippen LogP contribution in [0.25, 0.3) is 0 Å². The molecule has 172 valence electrons. The summed E-state index contributed by atoms with van der Waals surface area (Å²) in [6.07, 6.45) is 4.02. The lowest BCUT2D eigenvalue weighted by Crippen LogP contribution is -2.24. The molecule has 0 aliphatic carbocycles. The predicted octanol–water partition coefficient (Wildman–Crippen LogP) is 4.26. The van der Waals surface area contributed by atoms with Crippen LogP contribution in [0.15, 0.2) is 42.5 Å². The van der Waals surface area contributed by atoms with E-state index in [9.17, 15) is 0 Å². The first-order chi connectivity index (χ1) is 16.2. The Kier molecular flexibility index (Phi) is 6.26. The molecule has 1 aromatic heterocycles. The van der Waals surface area contributed by atoms with Gasteiger partial charge < -0.3 is 20.5 Å². The van der Waals surface area contributed by atoms with Crippen LogP contribution in [0, 0.1) is 0 Å². The molecule has 5 rings (SSSR count). The number of nitrogens with two attached hydrogens (primary N) is 1. The molecule has 8 heteroatoms. The van der Waals surface area contributed by atoms with Gasteiger partial charge in [-0.2, -0.15) is 15.0 Å². The van der Waals surface area contributed by atoms with Gasteiger partial charge in [0.25, 0.3) is 0 Å². The van der Waals surface area contributed by atoms with Crippen molar-refractivity contribution in [3.63, 3.8) is 0 Å². The number of nitrogens with zero attached hydrogens (tertiary/aromatic N) is 4. The van der Waals surface area contributed by atoms with Gasteiger partial charge in [-0.15, -0.1) is 0 Å². The number of aryl methyl sites for hydroxylation is 1. The molecule has 1 fully saturated rings. The van der Waals surface area contributed by atoms with Gasteiger partial charge >= 0.3 is 0 Å². The smallest absolute Gasteiger partial charge is 0.232 e. The summed E-state index contributed by atoms with van der Waals surface area (Å²) >= 11 is 0. The monoisotopic (exact) mass is 446 g/mol. The van der Waals surface area contributed by atoms with Gasteiger partial charge in [0.05, 0.1) is 19.8 Å². The lowest BCUT2D eigenvalue weighted by molar-refractivity contribution is 0.241. The largest absolute Gasteiger partial charge is 0.490 e. The number of aromatic nitrogens is 3. The van der Waals surface area contributed by atoms with Gasteiger partial charge in [0.1, 0.15) is 5.82 Å². The Morgan fingerprint density at radius 3 is 2.76 bits per heavy atom. The molecule has 1 atom stereocenters. The molecular formula is C25H30N6O2. The summed E-state index contributed by atoms with van der Waals surface area (Å²) < 4.78 is 11.7. The van der Waals surface area contributed by atoms with E-state index in [-0.39, 0.29) is 12.0 Å². The van der Waals surface area contributed by atoms with E-state index in [1.54, 1.807) is 0 Å². The third-order valence-electron chi connectivity index (χ3n) is 6.21. The highest BCUT2D eigenvalue weighted by molar-refractivity contribution is 5.58. The van der Waals surface area contributed by atoms with Crippen molar-refractivity contribution in [2.75, 3.05) is 30.8 Å². The van der Waals surface area contributed by atoms with Crippen molar-refractivity contribution < 1.29 is 9.47 Å². The minimum atomic E-state index is 0.225. The molecule has 2 aromatic carbocycles. The van der Waals surface area contributed by atoms with E-state index in [0.717, 1.165) is 49.4 Å². The van der Waals surface area contributed by atoms with Crippen molar-refractivity contribution >= 4 is 17.6 Å². The maximum atomic E-state index is 6.04. The predicted molar refractivity (Wildman–Crippen MR) is 128 cm³/mol. The molecule has 0 radical (unpaired) electrons. The number of anilines is 3. The molecule has 2 aliphatic heterocycles. The van der Waals surface area contributed by atoms with Gasteiger partial charge in [-0.25, -0.2) is 0 Å². The number of benzene rings is 2. The number of fused-ring (bicyclic) bond motifs is 1. The molecule has 0 unspecified atom stereocenters. The molecule has 1 saturated heterocycles. The maximum absolute atomic E-state index is 6.04. The van der Waals surface area contributed by atoms with Crippen molar-refractivity contribution in [1.82, 2.24) is 19.9 Å². The van der Waals surface area contributed by atoms with Crippen LogP contribution < -0.4 is 20.5 Å². The maximum Gasteiger partial charge on any atom is 0.232 e. The van der Waals surface area contributed by atoms with Crippen molar-refractivity contribution in [3.8, 4) is 11.5 Å². The standard InChI is InChI=1S/C25H30N6O2/c1-2-17-7-3-4-8-19(17)27-25-29-23(28-24(26)30-25)16-31-12-5-9-20(31)18-10-11-21-22(15-18)33-14-6-13-32-21/h3-4,7-8,10-11,15,20H,2,5-6,9,12-14,16H2,1H3,(H3,26,27,28,29,30)/t20-/m0/s1. The van der Waals surface area contributed by atoms with Gasteiger partial charge in [-0.05, 0) is 55.1 Å². The molecule has 2 aliphatic rings. The number of hydrogen-bond acceptors (Lipinski definition) is 8. The third kappa shape index (κ3) is 4.85. The number of hydrogen-bond donors (Lipinski definition) is 2. The van der Waals surface area contributed by atoms with Crippen LogP contribution in [0.2, 0.25) is 0 Å². The summed E-state index contributed by atoms with van der Waals surface area (Å²) in [5.41, 5.74) is 9.46. The van der Waals surface area contributed by atoms with E-state index in [4.69, 9.17) is 15.2 Å². The second-order valence-electron chi connectivity index (χ2n) is 8.45. The topological polar surface area (TPSA) is 98.4 Å². The second-order valence-corrected chi connectivity index (χ2v) is 8.45. The lowest BCUT2D eigenvalue weighted by atomic mass is 10.0. The molecule has 0 saturated carbocycles. The van der Waals surface area contributed by atoms with Crippen molar-refractivity contribution in [3.05, 3.63) is 59.4 Å². The van der Waals surface area contributed by atoms with Crippen molar-refractivity contribution in [2.45, 2.75) is 45.2 Å². The normalized spacial score (nSPS) is 18.2. The summed E-state index contributed by atoms with van der Waals surface area (Å²) in [7, 11) is 0. The number of rotatable bonds is 6. The Labute approximate surface area is 194 Å². The SMILES string of the molecule is CCc1ccccc1Nc1nc(N)nc(CN2CCC[C@H]2c2ccc3c(c2)OCCCO3)n1. The van der Waals surface area contributed by atoms with Gasteiger partial charge in [-0.1, -0.05) is 31.2 Å². The van der Waals surface area contributed by atoms with E-state index < -0.39 is 0 Å². The Hall–Kier alpha value is -3.39. The molecule has 0 amide bonds. The van der Waals surface area contributed by atoms with Crippen LogP contribution in [0.4, 0.5) is 17.6 Å². The molecule has 33 heavy (non-hydrogen) atoms. The second kappa shape index (κ2) is 9.62. The fourth-order valence-electron chi connectivity index (χ4n) is 4.60. The molecule has 3 aromatic rings. The zero-order valence-corrected chi connectivity index (χ0v) is 19.0. The third-order valence-corrected chi connectivity index (χ3v) is 6.21. The summed E-state index contributed by atoms with van der Waals surface area (Å²) in [6, 6.07) is 14.7. The van der Waals surface area contributed by atoms with E-state index in [0.29, 0.717) is 31.5 Å². The highest BCUT2D eigenvalue weighted by Gasteiger charge is 2.28. The fraction of sp³-hybridized carbons (Fsp3) is 0.400. The molecule has 0 bridgehead atoms. The number of para-hydroxylation sites is 1. The van der Waals surface area contributed by atoms with Gasteiger partial charge in [0.15, 0.2) is 11.5 Å². The molecule has 0 spiro atoms. The van der Waals surface area contributed by atoms with Crippen LogP contribution in [0.5, 0.6) is 11.5 Å². The first-order valence-electron chi connectivity index (χ1n) is 11.7. The Balaban J connectivity index is 1.35. The summed E-state index contributed by atoms with van der Waals surface area (Å²) in [6.45, 7) is 5.09. The Morgan fingerprint density at radius 1 is 1.03 bits per heavy atom. The first kappa shape index (κ1) is 21.5. The highest BCUT2D eigenvalue weighted by atomic mass is 16.5. The highest BCUT2D eigenvalue weighted by Crippen LogP contribution is 2.38. The number of ether oxygens (including phenoxy) is 2. The molecule has 8 nitrogen and oxygen atoms in total. The van der Waals surface area contributed by atoms with Crippen molar-refractivity contribution in [1.29, 1.82) is 0 Å². The van der Waals surface area contributed by atoms with Crippen LogP contribution in [0.1, 0.15) is 49.2 Å². The fourth-order valence-corrected chi connectivity index (χ4v) is 4.60. The van der Waals surface area contributed by atoms with E-state index >= 15 is 0 Å². The summed E-state index contributed by atoms with van der Waals surface area (Å²) in [4.78, 5) is 15.8. The molecular weight excluding hydrogens is 416 g/mol. The molecule has 3 heterocycles. The first-order valence-corrected chi connectivity index (χ1v) is 11.7. The van der Waals surface area contributed by atoms with E-state index in [2.05, 4.69) is 50.3 Å². The quantitative estimate of drug-likeness (QED) is 0.580. The van der Waals surface area contributed by atoms with Crippen LogP contribution in [-0.4, -0.2) is 39.6 Å². The van der Waals surface area contributed by atoms with Crippen molar-refractivity contribution in [2.24, 2.45) is 0 Å². The number of nitrogens with one attached hydrogen (secondary N) is 1. The molecule has 3 N–H and O–H groups in total. The van der Waals surface area contributed by atoms with Gasteiger partial charge in [0.2, 0.25) is 11.9 Å². The Bertz CT molecular complexity index is 1120. The minimum Gasteiger partial charge on any atom is -0.490 e. The minimum absolute atomic E-state index is 0.225. The zero-order chi connectivity index (χ0) is 22.6. The summed E-state index contributed by atoms with van der Waals surface area (Å²) in [5, 5.41) is 3.32. The van der Waals surface area contributed by atoms with Crippen LogP contribution >= 0.6 is 0 Å². The zero-order valence-electron chi connectivity index (χ0n) is 19.0. The average Bonchev–Trinajstić information content (AvgIpc) is 3.14. The number of nitrogen functional groups attached to an aromatic ring is 1. The van der Waals surface area contributed by atoms with E-state index in [1.165, 1.54) is 11.1 Å².